The zero-order valence-corrected chi connectivity index (χ0v) is 20.2. The molecule has 1 amide bonds. The van der Waals surface area contributed by atoms with Gasteiger partial charge in [-0.25, -0.2) is 4.98 Å². The summed E-state index contributed by atoms with van der Waals surface area (Å²) in [6, 6.07) is 1.33. The SMILES string of the molecule is C[C@H](CO)N1C[C@H](C)[C@@H](CN(C)CC2CCOCC2)Oc2ncc(C#C[C@@H](C)O)cc2C1=O. The van der Waals surface area contributed by atoms with E-state index in [9.17, 15) is 15.0 Å². The van der Waals surface area contributed by atoms with Gasteiger partial charge in [0.2, 0.25) is 5.88 Å². The fraction of sp³-hybridized carbons (Fsp3) is 0.680. The molecule has 0 aromatic carbocycles. The Kier molecular flexibility index (Phi) is 9.10. The minimum absolute atomic E-state index is 0.0461. The largest absolute Gasteiger partial charge is 0.472 e. The number of nitrogens with zero attached hydrogens (tertiary/aromatic N) is 3. The summed E-state index contributed by atoms with van der Waals surface area (Å²) in [5, 5.41) is 19.3. The minimum atomic E-state index is -0.777. The Morgan fingerprint density at radius 3 is 2.70 bits per heavy atom. The van der Waals surface area contributed by atoms with E-state index in [2.05, 4.69) is 35.7 Å². The van der Waals surface area contributed by atoms with E-state index in [-0.39, 0.29) is 36.5 Å². The number of aliphatic hydroxyl groups excluding tert-OH is 2. The fourth-order valence-corrected chi connectivity index (χ4v) is 4.33. The first-order valence-corrected chi connectivity index (χ1v) is 11.8. The molecule has 1 aromatic rings. The number of aromatic nitrogens is 1. The van der Waals surface area contributed by atoms with Crippen LogP contribution in [-0.4, -0.2) is 95.7 Å². The minimum Gasteiger partial charge on any atom is -0.472 e. The molecule has 8 heteroatoms. The summed E-state index contributed by atoms with van der Waals surface area (Å²) < 4.78 is 11.8. The topological polar surface area (TPSA) is 95.4 Å². The third-order valence-corrected chi connectivity index (χ3v) is 6.35. The van der Waals surface area contributed by atoms with Gasteiger partial charge in [-0.05, 0) is 45.7 Å². The second-order valence-corrected chi connectivity index (χ2v) is 9.42. The third-order valence-electron chi connectivity index (χ3n) is 6.35. The lowest BCUT2D eigenvalue weighted by Gasteiger charge is -2.38. The zero-order chi connectivity index (χ0) is 24.0. The quantitative estimate of drug-likeness (QED) is 0.621. The maximum Gasteiger partial charge on any atom is 0.259 e. The van der Waals surface area contributed by atoms with E-state index in [0.29, 0.717) is 30.1 Å². The van der Waals surface area contributed by atoms with Crippen molar-refractivity contribution in [3.05, 3.63) is 23.4 Å². The average molecular weight is 460 g/mol. The molecule has 8 nitrogen and oxygen atoms in total. The van der Waals surface area contributed by atoms with Crippen molar-refractivity contribution < 1.29 is 24.5 Å². The number of fused-ring (bicyclic) bond motifs is 1. The molecule has 4 atom stereocenters. The maximum absolute atomic E-state index is 13.4. The van der Waals surface area contributed by atoms with E-state index in [1.54, 1.807) is 24.1 Å². The normalized spacial score (nSPS) is 23.6. The van der Waals surface area contributed by atoms with Gasteiger partial charge in [-0.15, -0.1) is 0 Å². The van der Waals surface area contributed by atoms with Crippen LogP contribution in [0, 0.1) is 23.7 Å². The molecule has 0 saturated carbocycles. The summed E-state index contributed by atoms with van der Waals surface area (Å²) in [5.41, 5.74) is 0.863. The summed E-state index contributed by atoms with van der Waals surface area (Å²) in [4.78, 5) is 21.8. The Bertz CT molecular complexity index is 859. The smallest absolute Gasteiger partial charge is 0.259 e. The number of hydrogen-bond acceptors (Lipinski definition) is 7. The molecule has 1 fully saturated rings. The second-order valence-electron chi connectivity index (χ2n) is 9.42. The number of ether oxygens (including phenoxy) is 2. The van der Waals surface area contributed by atoms with Crippen molar-refractivity contribution in [2.24, 2.45) is 11.8 Å². The maximum atomic E-state index is 13.4. The summed E-state index contributed by atoms with van der Waals surface area (Å²) >= 11 is 0. The molecular weight excluding hydrogens is 422 g/mol. The van der Waals surface area contributed by atoms with Crippen LogP contribution in [-0.2, 0) is 4.74 Å². The molecule has 33 heavy (non-hydrogen) atoms. The monoisotopic (exact) mass is 459 g/mol. The molecule has 3 heterocycles. The van der Waals surface area contributed by atoms with Crippen LogP contribution in [0.25, 0.3) is 0 Å². The number of likely N-dealkylation sites (N-methyl/N-ethyl adjacent to an activating group) is 1. The van der Waals surface area contributed by atoms with Gasteiger partial charge >= 0.3 is 0 Å². The van der Waals surface area contributed by atoms with Crippen molar-refractivity contribution in [1.82, 2.24) is 14.8 Å². The highest BCUT2D eigenvalue weighted by atomic mass is 16.5. The molecule has 3 rings (SSSR count). The van der Waals surface area contributed by atoms with Crippen LogP contribution < -0.4 is 4.74 Å². The fourth-order valence-electron chi connectivity index (χ4n) is 4.33. The van der Waals surface area contributed by atoms with Crippen molar-refractivity contribution in [3.8, 4) is 17.7 Å². The number of amides is 1. The lowest BCUT2D eigenvalue weighted by atomic mass is 9.97. The van der Waals surface area contributed by atoms with Crippen LogP contribution in [0.15, 0.2) is 12.3 Å². The standard InChI is InChI=1S/C25H37N3O5/c1-17-13-28(18(2)16-29)25(31)22-11-21(6-5-19(3)30)12-26-24(22)33-23(17)15-27(4)14-20-7-9-32-10-8-20/h11-12,17-20,23,29-30H,7-10,13-16H2,1-4H3/t17-,18+,19+,23+/m0/s1. The van der Waals surface area contributed by atoms with Crippen LogP contribution in [0.1, 0.15) is 49.5 Å². The molecule has 2 N–H and O–H groups in total. The summed E-state index contributed by atoms with van der Waals surface area (Å²) in [6.07, 6.45) is 2.76. The van der Waals surface area contributed by atoms with Crippen molar-refractivity contribution in [1.29, 1.82) is 0 Å². The molecule has 0 spiro atoms. The number of carbonyl (C=O) groups is 1. The van der Waals surface area contributed by atoms with Crippen LogP contribution in [0.5, 0.6) is 5.88 Å². The van der Waals surface area contributed by atoms with Gasteiger partial charge in [-0.1, -0.05) is 18.8 Å². The Labute approximate surface area is 196 Å². The molecule has 2 aliphatic heterocycles. The Hall–Kier alpha value is -2.18. The van der Waals surface area contributed by atoms with E-state index in [1.165, 1.54) is 0 Å². The third kappa shape index (κ3) is 6.90. The lowest BCUT2D eigenvalue weighted by molar-refractivity contribution is 0.0254. The van der Waals surface area contributed by atoms with Crippen molar-refractivity contribution in [3.63, 3.8) is 0 Å². The molecule has 0 aliphatic carbocycles. The van der Waals surface area contributed by atoms with Gasteiger partial charge in [0.15, 0.2) is 0 Å². The van der Waals surface area contributed by atoms with E-state index in [0.717, 1.165) is 32.6 Å². The first kappa shape index (κ1) is 25.4. The number of rotatable bonds is 6. The Balaban J connectivity index is 1.86. The molecule has 0 radical (unpaired) electrons. The average Bonchev–Trinajstić information content (AvgIpc) is 2.80. The summed E-state index contributed by atoms with van der Waals surface area (Å²) in [6.45, 7) is 9.16. The van der Waals surface area contributed by atoms with Gasteiger partial charge in [0.25, 0.3) is 5.91 Å². The van der Waals surface area contributed by atoms with Gasteiger partial charge in [0, 0.05) is 50.5 Å². The first-order chi connectivity index (χ1) is 15.8. The van der Waals surface area contributed by atoms with E-state index in [1.807, 2.05) is 6.92 Å². The van der Waals surface area contributed by atoms with Gasteiger partial charge in [-0.3, -0.25) is 4.79 Å². The first-order valence-electron chi connectivity index (χ1n) is 11.8. The van der Waals surface area contributed by atoms with Crippen molar-refractivity contribution in [2.45, 2.75) is 51.9 Å². The second kappa shape index (κ2) is 11.8. The van der Waals surface area contributed by atoms with Crippen LogP contribution >= 0.6 is 0 Å². The highest BCUT2D eigenvalue weighted by molar-refractivity contribution is 5.97. The summed E-state index contributed by atoms with van der Waals surface area (Å²) in [5.74, 6) is 6.24. The van der Waals surface area contributed by atoms with E-state index in [4.69, 9.17) is 9.47 Å². The predicted molar refractivity (Wildman–Crippen MR) is 125 cm³/mol. The predicted octanol–water partition coefficient (Wildman–Crippen LogP) is 1.39. The molecule has 1 aromatic heterocycles. The zero-order valence-electron chi connectivity index (χ0n) is 20.2. The highest BCUT2D eigenvalue weighted by Gasteiger charge is 2.34. The molecule has 0 bridgehead atoms. The van der Waals surface area contributed by atoms with Crippen LogP contribution in [0.4, 0.5) is 0 Å². The highest BCUT2D eigenvalue weighted by Crippen LogP contribution is 2.27. The van der Waals surface area contributed by atoms with Crippen molar-refractivity contribution in [2.75, 3.05) is 46.5 Å². The van der Waals surface area contributed by atoms with E-state index < -0.39 is 6.10 Å². The summed E-state index contributed by atoms with van der Waals surface area (Å²) in [7, 11) is 2.10. The Morgan fingerprint density at radius 1 is 1.30 bits per heavy atom. The van der Waals surface area contributed by atoms with Gasteiger partial charge < -0.3 is 29.5 Å². The van der Waals surface area contributed by atoms with Gasteiger partial charge in [-0.2, -0.15) is 0 Å². The van der Waals surface area contributed by atoms with Crippen LogP contribution in [0.2, 0.25) is 0 Å². The van der Waals surface area contributed by atoms with Gasteiger partial charge in [0.05, 0.1) is 12.6 Å². The number of aliphatic hydroxyl groups is 2. The van der Waals surface area contributed by atoms with Gasteiger partial charge in [0.1, 0.15) is 17.8 Å². The lowest BCUT2D eigenvalue weighted by Crippen LogP contribution is -2.50. The number of pyridine rings is 1. The number of hydrogen-bond donors (Lipinski definition) is 2. The van der Waals surface area contributed by atoms with Crippen molar-refractivity contribution >= 4 is 5.91 Å². The molecule has 2 aliphatic rings. The molecular formula is C25H37N3O5. The van der Waals surface area contributed by atoms with E-state index >= 15 is 0 Å². The molecule has 0 unspecified atom stereocenters. The molecule has 1 saturated heterocycles. The Morgan fingerprint density at radius 2 is 2.03 bits per heavy atom. The van der Waals surface area contributed by atoms with Crippen LogP contribution in [0.3, 0.4) is 0 Å². The molecule has 182 valence electrons. The number of carbonyl (C=O) groups excluding carboxylic acids is 1.